The molecular weight excluding hydrogens is 343 g/mol. The van der Waals surface area contributed by atoms with Gasteiger partial charge in [-0.3, -0.25) is 14.2 Å². The number of morpholine rings is 1. The quantitative estimate of drug-likeness (QED) is 0.690. The summed E-state index contributed by atoms with van der Waals surface area (Å²) in [6, 6.07) is 7.13. The van der Waals surface area contributed by atoms with Crippen LogP contribution >= 0.6 is 0 Å². The summed E-state index contributed by atoms with van der Waals surface area (Å²) < 4.78 is 6.80. The highest BCUT2D eigenvalue weighted by atomic mass is 16.5. The minimum atomic E-state index is -0.166. The molecule has 2 aliphatic heterocycles. The minimum Gasteiger partial charge on any atom is -0.378 e. The largest absolute Gasteiger partial charge is 0.378 e. The predicted octanol–water partition coefficient (Wildman–Crippen LogP) is -0.457. The number of hydrogen-bond acceptors (Lipinski definition) is 5. The zero-order chi connectivity index (χ0) is 19.0. The van der Waals surface area contributed by atoms with Gasteiger partial charge in [-0.25, -0.2) is 4.98 Å². The van der Waals surface area contributed by atoms with Crippen molar-refractivity contribution >= 4 is 30.7 Å². The number of carbonyl (C=O) groups excluding carboxylic acids is 1. The van der Waals surface area contributed by atoms with Gasteiger partial charge < -0.3 is 14.5 Å². The zero-order valence-electron chi connectivity index (χ0n) is 15.4. The molecule has 1 fully saturated rings. The molecule has 1 saturated heterocycles. The van der Waals surface area contributed by atoms with Gasteiger partial charge in [0.05, 0.1) is 19.6 Å². The van der Waals surface area contributed by atoms with Crippen LogP contribution in [-0.4, -0.2) is 56.2 Å². The third-order valence-corrected chi connectivity index (χ3v) is 5.22. The van der Waals surface area contributed by atoms with Crippen molar-refractivity contribution in [3.05, 3.63) is 46.0 Å². The molecule has 0 spiro atoms. The van der Waals surface area contributed by atoms with E-state index >= 15 is 0 Å². The highest BCUT2D eigenvalue weighted by Crippen LogP contribution is 2.26. The maximum atomic E-state index is 12.9. The van der Waals surface area contributed by atoms with E-state index in [1.54, 1.807) is 11.9 Å². The molecule has 0 aliphatic carbocycles. The lowest BCUT2D eigenvalue weighted by Crippen LogP contribution is -2.39. The van der Waals surface area contributed by atoms with Crippen LogP contribution in [-0.2, 0) is 29.4 Å². The number of carbonyl (C=O) groups is 1. The number of nitrogens with zero attached hydrogens (tertiary/aromatic N) is 4. The van der Waals surface area contributed by atoms with Crippen LogP contribution in [0.1, 0.15) is 11.4 Å². The Hall–Kier alpha value is -2.61. The van der Waals surface area contributed by atoms with Crippen LogP contribution in [0, 0.1) is 0 Å². The molecule has 2 radical (unpaired) electrons. The van der Waals surface area contributed by atoms with E-state index in [1.165, 1.54) is 10.6 Å². The molecule has 27 heavy (non-hydrogen) atoms. The van der Waals surface area contributed by atoms with Crippen LogP contribution in [0.4, 0.5) is 11.5 Å². The van der Waals surface area contributed by atoms with Gasteiger partial charge in [0.15, 0.2) is 0 Å². The summed E-state index contributed by atoms with van der Waals surface area (Å²) in [4.78, 5) is 33.7. The van der Waals surface area contributed by atoms with E-state index in [9.17, 15) is 9.59 Å². The number of amides is 1. The second kappa shape index (κ2) is 7.19. The van der Waals surface area contributed by atoms with Crippen LogP contribution in [0.2, 0.25) is 0 Å². The fourth-order valence-electron chi connectivity index (χ4n) is 3.64. The van der Waals surface area contributed by atoms with Crippen LogP contribution in [0.15, 0.2) is 29.1 Å². The third kappa shape index (κ3) is 3.37. The summed E-state index contributed by atoms with van der Waals surface area (Å²) in [5.41, 5.74) is 2.41. The van der Waals surface area contributed by atoms with Crippen molar-refractivity contribution in [1.82, 2.24) is 9.55 Å². The third-order valence-electron chi connectivity index (χ3n) is 5.22. The van der Waals surface area contributed by atoms with E-state index in [1.807, 2.05) is 23.1 Å². The lowest BCUT2D eigenvalue weighted by molar-refractivity contribution is -0.118. The second-order valence-corrected chi connectivity index (χ2v) is 6.84. The van der Waals surface area contributed by atoms with Crippen molar-refractivity contribution < 1.29 is 9.53 Å². The number of hydrogen-bond donors (Lipinski definition) is 0. The van der Waals surface area contributed by atoms with Gasteiger partial charge in [0.25, 0.3) is 5.56 Å². The number of anilines is 2. The average molecular weight is 364 g/mol. The molecule has 0 atom stereocenters. The minimum absolute atomic E-state index is 0.0676. The molecule has 0 saturated carbocycles. The number of benzene rings is 1. The first-order valence-corrected chi connectivity index (χ1v) is 9.12. The predicted molar refractivity (Wildman–Crippen MR) is 104 cm³/mol. The number of rotatable bonds is 3. The van der Waals surface area contributed by atoms with Gasteiger partial charge in [-0.1, -0.05) is 17.6 Å². The van der Waals surface area contributed by atoms with Crippen LogP contribution in [0.25, 0.3) is 0 Å². The molecule has 1 amide bonds. The van der Waals surface area contributed by atoms with Crippen molar-refractivity contribution in [3.8, 4) is 0 Å². The molecule has 2 aromatic rings. The summed E-state index contributed by atoms with van der Waals surface area (Å²) in [6.45, 7) is 3.19. The molecule has 0 bridgehead atoms. The standard InChI is InChI=1S/C19H21BN4O3/c1-22-16(21-17(12-18(22)25)23-7-9-27-10-8-23)11-19(26)24-6-5-13-14(20)3-2-4-15(13)24/h2-4,12H,5-11H2,1H3. The van der Waals surface area contributed by atoms with E-state index in [-0.39, 0.29) is 17.9 Å². The molecule has 138 valence electrons. The number of ether oxygens (including phenoxy) is 1. The van der Waals surface area contributed by atoms with Crippen molar-refractivity contribution in [2.75, 3.05) is 42.6 Å². The maximum Gasteiger partial charge on any atom is 0.255 e. The van der Waals surface area contributed by atoms with Gasteiger partial charge in [0, 0.05) is 38.4 Å². The SMILES string of the molecule is [B]c1cccc2c1CCN2C(=O)Cc1nc(N2CCOCC2)cc(=O)n1C. The Morgan fingerprint density at radius 1 is 1.26 bits per heavy atom. The van der Waals surface area contributed by atoms with E-state index in [0.717, 1.165) is 17.7 Å². The molecular formula is C19H21BN4O3. The van der Waals surface area contributed by atoms with Gasteiger partial charge in [-0.15, -0.1) is 0 Å². The molecule has 1 aromatic heterocycles. The topological polar surface area (TPSA) is 67.7 Å². The molecule has 1 aromatic carbocycles. The molecule has 4 rings (SSSR count). The van der Waals surface area contributed by atoms with Crippen molar-refractivity contribution in [2.24, 2.45) is 7.05 Å². The van der Waals surface area contributed by atoms with Crippen molar-refractivity contribution in [1.29, 1.82) is 0 Å². The highest BCUT2D eigenvalue weighted by Gasteiger charge is 2.26. The lowest BCUT2D eigenvalue weighted by atomic mass is 9.89. The number of fused-ring (bicyclic) bond motifs is 1. The fourth-order valence-corrected chi connectivity index (χ4v) is 3.64. The maximum absolute atomic E-state index is 12.9. The Balaban J connectivity index is 1.59. The Labute approximate surface area is 159 Å². The number of aromatic nitrogens is 2. The summed E-state index contributed by atoms with van der Waals surface area (Å²) in [6.07, 6.45) is 0.812. The average Bonchev–Trinajstić information content (AvgIpc) is 3.11. The van der Waals surface area contributed by atoms with Crippen LogP contribution < -0.4 is 20.8 Å². The van der Waals surface area contributed by atoms with Crippen LogP contribution in [0.3, 0.4) is 0 Å². The Bertz CT molecular complexity index is 937. The summed E-state index contributed by atoms with van der Waals surface area (Å²) in [5, 5.41) is 0. The lowest BCUT2D eigenvalue weighted by Gasteiger charge is -2.28. The van der Waals surface area contributed by atoms with Gasteiger partial charge in [-0.2, -0.15) is 0 Å². The van der Waals surface area contributed by atoms with E-state index < -0.39 is 0 Å². The summed E-state index contributed by atoms with van der Waals surface area (Å²) >= 11 is 0. The first-order chi connectivity index (χ1) is 13.0. The normalized spacial score (nSPS) is 16.5. The van der Waals surface area contributed by atoms with Crippen LogP contribution in [0.5, 0.6) is 0 Å². The molecule has 0 unspecified atom stereocenters. The van der Waals surface area contributed by atoms with E-state index in [4.69, 9.17) is 12.6 Å². The van der Waals surface area contributed by atoms with Gasteiger partial charge in [0.1, 0.15) is 19.5 Å². The Morgan fingerprint density at radius 3 is 2.81 bits per heavy atom. The molecule has 7 nitrogen and oxygen atoms in total. The van der Waals surface area contributed by atoms with Gasteiger partial charge >= 0.3 is 0 Å². The fraction of sp³-hybridized carbons (Fsp3) is 0.421. The highest BCUT2D eigenvalue weighted by molar-refractivity contribution is 6.34. The zero-order valence-corrected chi connectivity index (χ0v) is 15.4. The Kier molecular flexibility index (Phi) is 4.74. The summed E-state index contributed by atoms with van der Waals surface area (Å²) in [7, 11) is 7.67. The molecule has 2 aliphatic rings. The molecule has 8 heteroatoms. The first kappa shape index (κ1) is 17.8. The monoisotopic (exact) mass is 364 g/mol. The second-order valence-electron chi connectivity index (χ2n) is 6.84. The first-order valence-electron chi connectivity index (χ1n) is 9.12. The van der Waals surface area contributed by atoms with E-state index in [2.05, 4.69) is 4.98 Å². The van der Waals surface area contributed by atoms with Crippen molar-refractivity contribution in [2.45, 2.75) is 12.8 Å². The van der Waals surface area contributed by atoms with Gasteiger partial charge in [0.2, 0.25) is 5.91 Å². The smallest absolute Gasteiger partial charge is 0.255 e. The van der Waals surface area contributed by atoms with Crippen molar-refractivity contribution in [3.63, 3.8) is 0 Å². The molecule has 0 N–H and O–H groups in total. The molecule has 3 heterocycles. The van der Waals surface area contributed by atoms with E-state index in [0.29, 0.717) is 50.0 Å². The summed E-state index contributed by atoms with van der Waals surface area (Å²) in [5.74, 6) is 0.989. The van der Waals surface area contributed by atoms with Gasteiger partial charge in [-0.05, 0) is 18.1 Å². The Morgan fingerprint density at radius 2 is 2.04 bits per heavy atom.